The molecule has 0 spiro atoms. The van der Waals surface area contributed by atoms with Crippen molar-refractivity contribution in [2.75, 3.05) is 40.0 Å². The summed E-state index contributed by atoms with van der Waals surface area (Å²) < 4.78 is 16.2. The Balaban J connectivity index is 1.66. The van der Waals surface area contributed by atoms with E-state index in [-0.39, 0.29) is 0 Å². The molecule has 0 radical (unpaired) electrons. The van der Waals surface area contributed by atoms with E-state index < -0.39 is 0 Å². The van der Waals surface area contributed by atoms with Gasteiger partial charge in [0.15, 0.2) is 5.96 Å². The van der Waals surface area contributed by atoms with Crippen molar-refractivity contribution in [3.8, 4) is 0 Å². The molecule has 1 saturated heterocycles. The third kappa shape index (κ3) is 7.84. The third-order valence-electron chi connectivity index (χ3n) is 4.07. The molecule has 0 bridgehead atoms. The molecule has 0 aromatic carbocycles. The molecule has 1 atom stereocenters. The summed E-state index contributed by atoms with van der Waals surface area (Å²) in [5, 5.41) is 6.64. The van der Waals surface area contributed by atoms with Gasteiger partial charge in [-0.05, 0) is 44.2 Å². The molecule has 2 rings (SSSR count). The summed E-state index contributed by atoms with van der Waals surface area (Å²) in [7, 11) is 1.70. The molecule has 1 aliphatic heterocycles. The van der Waals surface area contributed by atoms with Crippen LogP contribution in [0.1, 0.15) is 37.9 Å². The highest BCUT2D eigenvalue weighted by atomic mass is 16.5. The first-order chi connectivity index (χ1) is 11.9. The standard InChI is InChI=1S/C18H31N3O3/c1-22-15-12-21-18(20-11-9-17-8-5-14-24-17)19-10-4-7-16-6-2-3-13-23-16/h5,8,14,16H,2-4,6-7,9-13,15H2,1H3,(H2,19,20,21). The van der Waals surface area contributed by atoms with E-state index in [1.54, 1.807) is 13.4 Å². The second-order valence-corrected chi connectivity index (χ2v) is 6.04. The van der Waals surface area contributed by atoms with Crippen LogP contribution in [0.25, 0.3) is 0 Å². The van der Waals surface area contributed by atoms with Crippen molar-refractivity contribution < 1.29 is 13.9 Å². The van der Waals surface area contributed by atoms with Gasteiger partial charge in [0.2, 0.25) is 0 Å². The molecular formula is C18H31N3O3. The number of hydrogen-bond acceptors (Lipinski definition) is 4. The lowest BCUT2D eigenvalue weighted by molar-refractivity contribution is 0.0105. The monoisotopic (exact) mass is 337 g/mol. The third-order valence-corrected chi connectivity index (χ3v) is 4.07. The molecular weight excluding hydrogens is 306 g/mol. The van der Waals surface area contributed by atoms with Crippen LogP contribution in [0.2, 0.25) is 0 Å². The Hall–Kier alpha value is -1.53. The van der Waals surface area contributed by atoms with E-state index in [2.05, 4.69) is 15.6 Å². The van der Waals surface area contributed by atoms with E-state index in [4.69, 9.17) is 13.9 Å². The fourth-order valence-corrected chi connectivity index (χ4v) is 2.75. The average molecular weight is 337 g/mol. The molecule has 0 saturated carbocycles. The topological polar surface area (TPSA) is 68.0 Å². The van der Waals surface area contributed by atoms with Crippen molar-refractivity contribution in [2.45, 2.75) is 44.6 Å². The quantitative estimate of drug-likeness (QED) is 0.390. The summed E-state index contributed by atoms with van der Waals surface area (Å²) in [5.74, 6) is 1.82. The predicted octanol–water partition coefficient (Wildman–Crippen LogP) is 2.35. The number of rotatable bonds is 10. The summed E-state index contributed by atoms with van der Waals surface area (Å²) in [4.78, 5) is 4.65. The molecule has 2 N–H and O–H groups in total. The van der Waals surface area contributed by atoms with Gasteiger partial charge in [-0.3, -0.25) is 4.99 Å². The number of ether oxygens (including phenoxy) is 2. The van der Waals surface area contributed by atoms with E-state index in [1.165, 1.54) is 19.3 Å². The summed E-state index contributed by atoms with van der Waals surface area (Å²) in [5.41, 5.74) is 0. The predicted molar refractivity (Wildman–Crippen MR) is 95.4 cm³/mol. The van der Waals surface area contributed by atoms with Crippen LogP contribution in [-0.4, -0.2) is 52.0 Å². The Kier molecular flexibility index (Phi) is 9.34. The Morgan fingerprint density at radius 2 is 2.25 bits per heavy atom. The summed E-state index contributed by atoms with van der Waals surface area (Å²) in [6, 6.07) is 3.90. The molecule has 136 valence electrons. The van der Waals surface area contributed by atoms with Crippen molar-refractivity contribution in [3.05, 3.63) is 24.2 Å². The zero-order chi connectivity index (χ0) is 16.9. The van der Waals surface area contributed by atoms with Gasteiger partial charge in [-0.2, -0.15) is 0 Å². The van der Waals surface area contributed by atoms with Gasteiger partial charge in [0, 0.05) is 39.8 Å². The second kappa shape index (κ2) is 11.9. The Morgan fingerprint density at radius 1 is 1.33 bits per heavy atom. The summed E-state index contributed by atoms with van der Waals surface area (Å²) in [6.07, 6.45) is 8.84. The molecule has 6 heteroatoms. The highest BCUT2D eigenvalue weighted by molar-refractivity contribution is 5.79. The number of guanidine groups is 1. The molecule has 1 aromatic rings. The van der Waals surface area contributed by atoms with Crippen molar-refractivity contribution >= 4 is 5.96 Å². The number of nitrogens with one attached hydrogen (secondary N) is 2. The van der Waals surface area contributed by atoms with Gasteiger partial charge in [-0.1, -0.05) is 0 Å². The van der Waals surface area contributed by atoms with Gasteiger partial charge in [-0.15, -0.1) is 0 Å². The lowest BCUT2D eigenvalue weighted by Gasteiger charge is -2.22. The van der Waals surface area contributed by atoms with Crippen LogP contribution in [0.5, 0.6) is 0 Å². The van der Waals surface area contributed by atoms with Crippen molar-refractivity contribution in [3.63, 3.8) is 0 Å². The Bertz CT molecular complexity index is 442. The van der Waals surface area contributed by atoms with Gasteiger partial charge in [0.05, 0.1) is 19.0 Å². The summed E-state index contributed by atoms with van der Waals surface area (Å²) in [6.45, 7) is 3.93. The number of methoxy groups -OCH3 is 1. The maximum absolute atomic E-state index is 5.76. The Labute approximate surface area is 145 Å². The maximum Gasteiger partial charge on any atom is 0.191 e. The zero-order valence-corrected chi connectivity index (χ0v) is 14.8. The minimum Gasteiger partial charge on any atom is -0.469 e. The number of furan rings is 1. The van der Waals surface area contributed by atoms with Crippen LogP contribution >= 0.6 is 0 Å². The molecule has 0 amide bonds. The first-order valence-electron chi connectivity index (χ1n) is 9.03. The number of hydrogen-bond donors (Lipinski definition) is 2. The minimum absolute atomic E-state index is 0.436. The fraction of sp³-hybridized carbons (Fsp3) is 0.722. The first kappa shape index (κ1) is 18.8. The lowest BCUT2D eigenvalue weighted by Crippen LogP contribution is -2.40. The van der Waals surface area contributed by atoms with Crippen LogP contribution in [0.15, 0.2) is 27.8 Å². The molecule has 1 unspecified atom stereocenters. The van der Waals surface area contributed by atoms with Gasteiger partial charge in [-0.25, -0.2) is 0 Å². The normalized spacial score (nSPS) is 18.5. The second-order valence-electron chi connectivity index (χ2n) is 6.04. The maximum atomic E-state index is 5.76. The minimum atomic E-state index is 0.436. The first-order valence-corrected chi connectivity index (χ1v) is 9.03. The molecule has 0 aliphatic carbocycles. The largest absolute Gasteiger partial charge is 0.469 e. The zero-order valence-electron chi connectivity index (χ0n) is 14.8. The van der Waals surface area contributed by atoms with Crippen molar-refractivity contribution in [2.24, 2.45) is 4.99 Å². The summed E-state index contributed by atoms with van der Waals surface area (Å²) >= 11 is 0. The molecule has 1 aliphatic rings. The van der Waals surface area contributed by atoms with Crippen LogP contribution in [0.3, 0.4) is 0 Å². The van der Waals surface area contributed by atoms with E-state index in [9.17, 15) is 0 Å². The van der Waals surface area contributed by atoms with Crippen LogP contribution in [0.4, 0.5) is 0 Å². The average Bonchev–Trinajstić information content (AvgIpc) is 3.13. The molecule has 24 heavy (non-hydrogen) atoms. The van der Waals surface area contributed by atoms with Gasteiger partial charge >= 0.3 is 0 Å². The van der Waals surface area contributed by atoms with Crippen LogP contribution in [-0.2, 0) is 15.9 Å². The SMILES string of the molecule is COCCNC(=NCCCC1CCCCO1)NCCc1ccco1. The van der Waals surface area contributed by atoms with Crippen molar-refractivity contribution in [1.29, 1.82) is 0 Å². The van der Waals surface area contributed by atoms with Crippen LogP contribution < -0.4 is 10.6 Å². The highest BCUT2D eigenvalue weighted by Crippen LogP contribution is 2.16. The van der Waals surface area contributed by atoms with E-state index >= 15 is 0 Å². The molecule has 2 heterocycles. The molecule has 1 aromatic heterocycles. The number of aliphatic imine (C=N–C) groups is 1. The smallest absolute Gasteiger partial charge is 0.191 e. The van der Waals surface area contributed by atoms with Crippen molar-refractivity contribution in [1.82, 2.24) is 10.6 Å². The number of nitrogens with zero attached hydrogens (tertiary/aromatic N) is 1. The lowest BCUT2D eigenvalue weighted by atomic mass is 10.1. The van der Waals surface area contributed by atoms with Crippen LogP contribution in [0, 0.1) is 0 Å². The van der Waals surface area contributed by atoms with E-state index in [1.807, 2.05) is 12.1 Å². The Morgan fingerprint density at radius 3 is 3.00 bits per heavy atom. The van der Waals surface area contributed by atoms with E-state index in [0.717, 1.165) is 57.2 Å². The van der Waals surface area contributed by atoms with Gasteiger partial charge < -0.3 is 24.5 Å². The van der Waals surface area contributed by atoms with Gasteiger partial charge in [0.25, 0.3) is 0 Å². The molecule has 1 fully saturated rings. The highest BCUT2D eigenvalue weighted by Gasteiger charge is 2.12. The van der Waals surface area contributed by atoms with Gasteiger partial charge in [0.1, 0.15) is 5.76 Å². The molecule has 6 nitrogen and oxygen atoms in total. The van der Waals surface area contributed by atoms with E-state index in [0.29, 0.717) is 12.7 Å². The fourth-order valence-electron chi connectivity index (χ4n) is 2.75.